The first kappa shape index (κ1) is 13.3. The Morgan fingerprint density at radius 1 is 1.43 bits per heavy atom. The van der Waals surface area contributed by atoms with Crippen LogP contribution in [0.3, 0.4) is 0 Å². The van der Waals surface area contributed by atoms with Gasteiger partial charge in [-0.3, -0.25) is 9.69 Å². The molecule has 0 atom stereocenters. The van der Waals surface area contributed by atoms with E-state index in [0.29, 0.717) is 18.1 Å². The lowest BCUT2D eigenvalue weighted by Gasteiger charge is -2.19. The maximum absolute atomic E-state index is 11.2. The number of carbonyl (C=O) groups excluding carboxylic acids is 1. The highest BCUT2D eigenvalue weighted by molar-refractivity contribution is 7.80. The van der Waals surface area contributed by atoms with Gasteiger partial charge >= 0.3 is 5.97 Å². The number of thiocarbonyl (C=S) groups is 1. The minimum absolute atomic E-state index is 0.225. The third-order valence-corrected chi connectivity index (χ3v) is 1.71. The van der Waals surface area contributed by atoms with Crippen LogP contribution in [0, 0.1) is 0 Å². The summed E-state index contributed by atoms with van der Waals surface area (Å²) in [5.41, 5.74) is 5.41. The number of nitrogens with zero attached hydrogens (tertiary/aromatic N) is 1. The van der Waals surface area contributed by atoms with Crippen molar-refractivity contribution in [3.05, 3.63) is 0 Å². The van der Waals surface area contributed by atoms with Gasteiger partial charge in [0.25, 0.3) is 0 Å². The minimum Gasteiger partial charge on any atom is -0.465 e. The lowest BCUT2D eigenvalue weighted by atomic mass is 10.4. The van der Waals surface area contributed by atoms with Crippen LogP contribution in [0.2, 0.25) is 0 Å². The largest absolute Gasteiger partial charge is 0.465 e. The van der Waals surface area contributed by atoms with E-state index in [1.54, 1.807) is 6.92 Å². The summed E-state index contributed by atoms with van der Waals surface area (Å²) < 4.78 is 4.84. The molecule has 0 amide bonds. The lowest BCUT2D eigenvalue weighted by Crippen LogP contribution is -2.37. The fourth-order valence-electron chi connectivity index (χ4n) is 1.14. The quantitative estimate of drug-likeness (QED) is 0.499. The number of hydrogen-bond acceptors (Lipinski definition) is 4. The predicted octanol–water partition coefficient (Wildman–Crippen LogP) is 0.548. The number of nitrogens with two attached hydrogens (primary N) is 1. The highest BCUT2D eigenvalue weighted by Crippen LogP contribution is 1.93. The van der Waals surface area contributed by atoms with Gasteiger partial charge in [-0.15, -0.1) is 0 Å². The number of ether oxygens (including phenoxy) is 1. The van der Waals surface area contributed by atoms with Gasteiger partial charge in [-0.05, 0) is 19.9 Å². The number of rotatable bonds is 7. The molecule has 0 rings (SSSR count). The van der Waals surface area contributed by atoms with Crippen LogP contribution in [0.5, 0.6) is 0 Å². The standard InChI is InChI=1S/C9H18N2O2S/c1-3-5-11(6-8(10)14)7-9(12)13-4-2/h3-7H2,1-2H3,(H2,10,14). The van der Waals surface area contributed by atoms with E-state index in [-0.39, 0.29) is 12.5 Å². The molecule has 0 aliphatic rings. The normalized spacial score (nSPS) is 10.2. The van der Waals surface area contributed by atoms with Crippen LogP contribution in [-0.2, 0) is 9.53 Å². The molecule has 0 unspecified atom stereocenters. The minimum atomic E-state index is -0.225. The second-order valence-electron chi connectivity index (χ2n) is 2.98. The Kier molecular flexibility index (Phi) is 7.32. The van der Waals surface area contributed by atoms with Crippen LogP contribution < -0.4 is 5.73 Å². The van der Waals surface area contributed by atoms with Gasteiger partial charge in [0.05, 0.1) is 18.1 Å². The number of hydrogen-bond donors (Lipinski definition) is 1. The zero-order valence-electron chi connectivity index (χ0n) is 8.78. The number of carbonyl (C=O) groups is 1. The molecule has 0 fully saturated rings. The van der Waals surface area contributed by atoms with Gasteiger partial charge in [0.15, 0.2) is 0 Å². The first-order valence-electron chi connectivity index (χ1n) is 4.76. The van der Waals surface area contributed by atoms with Crippen LogP contribution in [0.25, 0.3) is 0 Å². The van der Waals surface area contributed by atoms with Crippen molar-refractivity contribution in [2.24, 2.45) is 5.73 Å². The summed E-state index contributed by atoms with van der Waals surface area (Å²) in [6.07, 6.45) is 0.960. The molecule has 0 spiro atoms. The molecule has 0 heterocycles. The molecule has 0 aromatic heterocycles. The fourth-order valence-corrected chi connectivity index (χ4v) is 1.32. The predicted molar refractivity (Wildman–Crippen MR) is 60.1 cm³/mol. The Balaban J connectivity index is 3.94. The van der Waals surface area contributed by atoms with Gasteiger partial charge in [-0.25, -0.2) is 0 Å². The van der Waals surface area contributed by atoms with E-state index in [0.717, 1.165) is 13.0 Å². The first-order chi connectivity index (χ1) is 6.60. The molecule has 5 heteroatoms. The van der Waals surface area contributed by atoms with E-state index in [4.69, 9.17) is 22.7 Å². The molecule has 0 saturated carbocycles. The molecular weight excluding hydrogens is 200 g/mol. The Hall–Kier alpha value is -0.680. The SMILES string of the molecule is CCCN(CC(=O)OCC)CC(N)=S. The second-order valence-corrected chi connectivity index (χ2v) is 3.51. The van der Waals surface area contributed by atoms with Crippen molar-refractivity contribution >= 4 is 23.2 Å². The van der Waals surface area contributed by atoms with Crippen molar-refractivity contribution in [3.8, 4) is 0 Å². The Morgan fingerprint density at radius 2 is 2.07 bits per heavy atom. The maximum atomic E-state index is 11.2. The summed E-state index contributed by atoms with van der Waals surface area (Å²) in [5.74, 6) is -0.225. The van der Waals surface area contributed by atoms with E-state index < -0.39 is 0 Å². The van der Waals surface area contributed by atoms with Gasteiger partial charge < -0.3 is 10.5 Å². The molecule has 14 heavy (non-hydrogen) atoms. The summed E-state index contributed by atoms with van der Waals surface area (Å²) in [4.78, 5) is 13.5. The van der Waals surface area contributed by atoms with Crippen molar-refractivity contribution in [2.45, 2.75) is 20.3 Å². The van der Waals surface area contributed by atoms with Gasteiger partial charge in [0.2, 0.25) is 0 Å². The molecule has 0 radical (unpaired) electrons. The van der Waals surface area contributed by atoms with E-state index in [1.165, 1.54) is 0 Å². The molecule has 0 aromatic carbocycles. The first-order valence-corrected chi connectivity index (χ1v) is 5.17. The molecule has 0 saturated heterocycles. The van der Waals surface area contributed by atoms with Gasteiger partial charge in [0.1, 0.15) is 0 Å². The maximum Gasteiger partial charge on any atom is 0.320 e. The zero-order chi connectivity index (χ0) is 11.0. The van der Waals surface area contributed by atoms with Crippen molar-refractivity contribution in [1.82, 2.24) is 4.90 Å². The van der Waals surface area contributed by atoms with Crippen molar-refractivity contribution in [2.75, 3.05) is 26.2 Å². The van der Waals surface area contributed by atoms with E-state index in [1.807, 2.05) is 11.8 Å². The molecule has 82 valence electrons. The van der Waals surface area contributed by atoms with Crippen LogP contribution in [0.1, 0.15) is 20.3 Å². The van der Waals surface area contributed by atoms with Gasteiger partial charge in [0, 0.05) is 6.54 Å². The van der Waals surface area contributed by atoms with E-state index in [2.05, 4.69) is 0 Å². The van der Waals surface area contributed by atoms with Crippen molar-refractivity contribution in [3.63, 3.8) is 0 Å². The molecular formula is C9H18N2O2S. The third-order valence-electron chi connectivity index (χ3n) is 1.58. The van der Waals surface area contributed by atoms with E-state index >= 15 is 0 Å². The zero-order valence-corrected chi connectivity index (χ0v) is 9.60. The molecule has 0 aliphatic carbocycles. The summed E-state index contributed by atoms with van der Waals surface area (Å²) >= 11 is 4.79. The molecule has 0 aromatic rings. The van der Waals surface area contributed by atoms with Crippen LogP contribution in [-0.4, -0.2) is 42.1 Å². The highest BCUT2D eigenvalue weighted by atomic mass is 32.1. The summed E-state index contributed by atoms with van der Waals surface area (Å²) in [6, 6.07) is 0. The van der Waals surface area contributed by atoms with Crippen molar-refractivity contribution in [1.29, 1.82) is 0 Å². The topological polar surface area (TPSA) is 55.6 Å². The average Bonchev–Trinajstić information content (AvgIpc) is 2.03. The Bertz CT molecular complexity index is 197. The lowest BCUT2D eigenvalue weighted by molar-refractivity contribution is -0.144. The Labute approximate surface area is 90.4 Å². The molecule has 0 aliphatic heterocycles. The summed E-state index contributed by atoms with van der Waals surface area (Å²) in [7, 11) is 0. The smallest absolute Gasteiger partial charge is 0.320 e. The van der Waals surface area contributed by atoms with Gasteiger partial charge in [-0.1, -0.05) is 19.1 Å². The van der Waals surface area contributed by atoms with E-state index in [9.17, 15) is 4.79 Å². The molecule has 0 bridgehead atoms. The second kappa shape index (κ2) is 7.70. The molecule has 2 N–H and O–H groups in total. The fraction of sp³-hybridized carbons (Fsp3) is 0.778. The van der Waals surface area contributed by atoms with Gasteiger partial charge in [-0.2, -0.15) is 0 Å². The summed E-state index contributed by atoms with van der Waals surface area (Å²) in [5, 5.41) is 0. The summed E-state index contributed by atoms with van der Waals surface area (Å²) in [6.45, 7) is 5.77. The molecule has 4 nitrogen and oxygen atoms in total. The van der Waals surface area contributed by atoms with Crippen LogP contribution in [0.15, 0.2) is 0 Å². The average molecular weight is 218 g/mol. The van der Waals surface area contributed by atoms with Crippen molar-refractivity contribution < 1.29 is 9.53 Å². The van der Waals surface area contributed by atoms with Crippen LogP contribution >= 0.6 is 12.2 Å². The monoisotopic (exact) mass is 218 g/mol. The third kappa shape index (κ3) is 6.80. The van der Waals surface area contributed by atoms with Crippen LogP contribution in [0.4, 0.5) is 0 Å². The number of esters is 1. The highest BCUT2D eigenvalue weighted by Gasteiger charge is 2.10. The Morgan fingerprint density at radius 3 is 2.50 bits per heavy atom.